The number of rotatable bonds is 3. The monoisotopic (exact) mass is 366 g/mol. The van der Waals surface area contributed by atoms with E-state index in [-0.39, 0.29) is 5.41 Å². The van der Waals surface area contributed by atoms with Crippen LogP contribution in [-0.4, -0.2) is 23.4 Å². The number of benzene rings is 2. The molecule has 1 radical (unpaired) electrons. The van der Waals surface area contributed by atoms with E-state index < -0.39 is 0 Å². The topological polar surface area (TPSA) is 18.8 Å². The van der Waals surface area contributed by atoms with Gasteiger partial charge in [-0.3, -0.25) is 4.49 Å². The van der Waals surface area contributed by atoms with Crippen LogP contribution in [0.3, 0.4) is 0 Å². The number of hydrogen-bond acceptors (Lipinski definition) is 0. The first-order chi connectivity index (χ1) is 13.6. The number of hydrogen-bond donors (Lipinski definition) is 1. The fourth-order valence-corrected chi connectivity index (χ4v) is 4.49. The van der Waals surface area contributed by atoms with Crippen LogP contribution in [0.1, 0.15) is 36.2 Å². The normalized spacial score (nSPS) is 17.9. The summed E-state index contributed by atoms with van der Waals surface area (Å²) in [6.45, 7) is 4.55. The Bertz CT molecular complexity index is 1170. The Kier molecular flexibility index (Phi) is 3.76. The molecule has 1 N–H and O–H groups in total. The quantitative estimate of drug-likeness (QED) is 0.612. The van der Waals surface area contributed by atoms with Crippen LogP contribution in [0.2, 0.25) is 0 Å². The number of fused-ring (bicyclic) bond motifs is 3. The lowest BCUT2D eigenvalue weighted by Gasteiger charge is -2.21. The van der Waals surface area contributed by atoms with Gasteiger partial charge in [-0.1, -0.05) is 50.2 Å². The van der Waals surface area contributed by atoms with E-state index in [1.54, 1.807) is 6.21 Å². The van der Waals surface area contributed by atoms with Crippen LogP contribution in [0.25, 0.3) is 16.7 Å². The highest BCUT2D eigenvalue weighted by Gasteiger charge is 2.35. The standard InChI is InChI=1S/C24H20BFN2/c1-24(2)19-8-4-3-7-17(19)18-15-16(11-12-20(18)24)23(21-9-5-13-27-21)22-10-6-14-28(22)25-26/h3-15,27H,1-2H3/q+1. The van der Waals surface area contributed by atoms with Crippen molar-refractivity contribution in [1.29, 1.82) is 0 Å². The first-order valence-electron chi connectivity index (χ1n) is 9.47. The summed E-state index contributed by atoms with van der Waals surface area (Å²) < 4.78 is 15.0. The Morgan fingerprint density at radius 3 is 2.61 bits per heavy atom. The first kappa shape index (κ1) is 17.0. The van der Waals surface area contributed by atoms with Crippen LogP contribution in [0.5, 0.6) is 0 Å². The molecule has 0 unspecified atom stereocenters. The Morgan fingerprint density at radius 2 is 1.82 bits per heavy atom. The van der Waals surface area contributed by atoms with Crippen LogP contribution >= 0.6 is 0 Å². The van der Waals surface area contributed by atoms with Crippen LogP contribution in [0, 0.1) is 0 Å². The smallest absolute Gasteiger partial charge is 0.361 e. The van der Waals surface area contributed by atoms with Crippen LogP contribution < -0.4 is 0 Å². The van der Waals surface area contributed by atoms with E-state index in [1.165, 1.54) is 26.7 Å². The second-order valence-electron chi connectivity index (χ2n) is 7.79. The zero-order valence-corrected chi connectivity index (χ0v) is 15.9. The van der Waals surface area contributed by atoms with E-state index in [9.17, 15) is 4.32 Å². The molecular formula is C24H20BFN2+. The third-order valence-electron chi connectivity index (χ3n) is 5.88. The predicted octanol–water partition coefficient (Wildman–Crippen LogP) is 5.24. The molecule has 2 heterocycles. The third-order valence-corrected chi connectivity index (χ3v) is 5.88. The minimum atomic E-state index is -0.0238. The minimum Gasteiger partial charge on any atom is -0.361 e. The van der Waals surface area contributed by atoms with Gasteiger partial charge in [-0.25, -0.2) is 4.32 Å². The molecule has 0 atom stereocenters. The predicted molar refractivity (Wildman–Crippen MR) is 113 cm³/mol. The maximum atomic E-state index is 13.5. The average molecular weight is 366 g/mol. The van der Waals surface area contributed by atoms with Crippen LogP contribution in [0.4, 0.5) is 4.32 Å². The molecule has 28 heavy (non-hydrogen) atoms. The molecule has 1 aliphatic carbocycles. The van der Waals surface area contributed by atoms with Gasteiger partial charge in [0.1, 0.15) is 6.21 Å². The van der Waals surface area contributed by atoms with E-state index in [4.69, 9.17) is 0 Å². The van der Waals surface area contributed by atoms with Crippen molar-refractivity contribution in [2.75, 3.05) is 0 Å². The minimum absolute atomic E-state index is 0.0238. The number of aromatic nitrogens is 1. The molecule has 0 saturated heterocycles. The molecule has 0 bridgehead atoms. The van der Waals surface area contributed by atoms with Gasteiger partial charge >= 0.3 is 7.69 Å². The molecule has 0 saturated carbocycles. The largest absolute Gasteiger partial charge is 0.792 e. The molecule has 0 spiro atoms. The van der Waals surface area contributed by atoms with Gasteiger partial charge in [0, 0.05) is 23.8 Å². The van der Waals surface area contributed by atoms with E-state index in [2.05, 4.69) is 61.3 Å². The van der Waals surface area contributed by atoms with Crippen LogP contribution in [0.15, 0.2) is 78.6 Å². The van der Waals surface area contributed by atoms with Gasteiger partial charge in [0.2, 0.25) is 0 Å². The molecule has 0 amide bonds. The van der Waals surface area contributed by atoms with Gasteiger partial charge in [0.15, 0.2) is 5.70 Å². The van der Waals surface area contributed by atoms with Gasteiger partial charge in [-0.15, -0.1) is 0 Å². The summed E-state index contributed by atoms with van der Waals surface area (Å²) in [5, 5.41) is 0. The van der Waals surface area contributed by atoms with Crippen molar-refractivity contribution >= 4 is 19.5 Å². The molecule has 2 nitrogen and oxygen atoms in total. The average Bonchev–Trinajstić information content (AvgIpc) is 3.44. The maximum Gasteiger partial charge on any atom is 0.792 e. The van der Waals surface area contributed by atoms with Crippen LogP contribution in [-0.2, 0) is 5.41 Å². The van der Waals surface area contributed by atoms with Crippen molar-refractivity contribution in [3.8, 4) is 11.1 Å². The second kappa shape index (κ2) is 6.20. The van der Waals surface area contributed by atoms with Gasteiger partial charge in [-0.05, 0) is 46.0 Å². The van der Waals surface area contributed by atoms with Gasteiger partial charge in [0.05, 0.1) is 11.3 Å². The maximum absolute atomic E-state index is 13.5. The lowest BCUT2D eigenvalue weighted by atomic mass is 9.82. The summed E-state index contributed by atoms with van der Waals surface area (Å²) in [5.74, 6) is 0. The van der Waals surface area contributed by atoms with Crippen molar-refractivity contribution in [3.63, 3.8) is 0 Å². The summed E-state index contributed by atoms with van der Waals surface area (Å²) in [5.41, 5.74) is 9.02. The Hall–Kier alpha value is -3.14. The summed E-state index contributed by atoms with van der Waals surface area (Å²) in [6.07, 6.45) is 7.43. The van der Waals surface area contributed by atoms with Gasteiger partial charge < -0.3 is 4.98 Å². The lowest BCUT2D eigenvalue weighted by Crippen LogP contribution is -2.15. The summed E-state index contributed by atoms with van der Waals surface area (Å²) in [6, 6.07) is 19.2. The highest BCUT2D eigenvalue weighted by Crippen LogP contribution is 2.49. The lowest BCUT2D eigenvalue weighted by molar-refractivity contribution is -0.312. The van der Waals surface area contributed by atoms with E-state index in [1.807, 2.05) is 30.5 Å². The molecule has 3 aromatic rings. The molecule has 1 aromatic heterocycles. The number of nitrogens with zero attached hydrogens (tertiary/aromatic N) is 1. The van der Waals surface area contributed by atoms with E-state index >= 15 is 0 Å². The van der Waals surface area contributed by atoms with Crippen molar-refractivity contribution in [2.45, 2.75) is 19.3 Å². The third kappa shape index (κ3) is 2.37. The molecule has 1 aliphatic heterocycles. The zero-order chi connectivity index (χ0) is 19.3. The van der Waals surface area contributed by atoms with Crippen molar-refractivity contribution in [1.82, 2.24) is 4.98 Å². The molecule has 2 aromatic carbocycles. The van der Waals surface area contributed by atoms with Gasteiger partial charge in [0.25, 0.3) is 0 Å². The summed E-state index contributed by atoms with van der Waals surface area (Å²) in [4.78, 5) is 3.29. The van der Waals surface area contributed by atoms with E-state index in [0.717, 1.165) is 22.5 Å². The molecule has 0 fully saturated rings. The Morgan fingerprint density at radius 1 is 1.00 bits per heavy atom. The van der Waals surface area contributed by atoms with Gasteiger partial charge in [-0.2, -0.15) is 0 Å². The Labute approximate surface area is 165 Å². The number of halogens is 1. The molecule has 4 heteroatoms. The number of allylic oxidation sites excluding steroid dienone is 2. The van der Waals surface area contributed by atoms with Crippen molar-refractivity contribution < 1.29 is 8.80 Å². The fourth-order valence-electron chi connectivity index (χ4n) is 4.49. The molecular weight excluding hydrogens is 346 g/mol. The summed E-state index contributed by atoms with van der Waals surface area (Å²) >= 11 is 0. The number of aromatic amines is 1. The van der Waals surface area contributed by atoms with Crippen molar-refractivity contribution in [3.05, 3.63) is 101 Å². The highest BCUT2D eigenvalue weighted by atomic mass is 19.1. The molecule has 2 aliphatic rings. The molecule has 5 rings (SSSR count). The SMILES string of the molecule is CC1(C)c2ccccc2-c2cc(/C(=C3\C=CC=[N+]3[B]F)c3ccc[nH]3)ccc21. The highest BCUT2D eigenvalue weighted by molar-refractivity contribution is 6.17. The van der Waals surface area contributed by atoms with Crippen molar-refractivity contribution in [2.24, 2.45) is 0 Å². The number of nitrogens with one attached hydrogen (secondary N) is 1. The Balaban J connectivity index is 1.76. The second-order valence-corrected chi connectivity index (χ2v) is 7.79. The number of H-pyrrole nitrogens is 1. The summed E-state index contributed by atoms with van der Waals surface area (Å²) in [7, 11) is 0.601. The molecule has 135 valence electrons. The fraction of sp³-hybridized carbons (Fsp3) is 0.125. The van der Waals surface area contributed by atoms with E-state index in [0.29, 0.717) is 7.69 Å². The zero-order valence-electron chi connectivity index (χ0n) is 15.9. The first-order valence-corrected chi connectivity index (χ1v) is 9.47.